The first-order valence-corrected chi connectivity index (χ1v) is 8.81. The molecule has 2 saturated carbocycles. The SMILES string of the molecule is C[C@@]12CCC[C@H]1C1=C(C(=O)C2)[C@@]2(C)CCCCC2CC1. The van der Waals surface area contributed by atoms with E-state index in [1.165, 1.54) is 63.4 Å². The summed E-state index contributed by atoms with van der Waals surface area (Å²) in [6, 6.07) is 0. The molecular weight excluding hydrogens is 244 g/mol. The molecule has 0 aromatic rings. The van der Waals surface area contributed by atoms with Crippen LogP contribution in [0.25, 0.3) is 0 Å². The first-order valence-electron chi connectivity index (χ1n) is 8.81. The largest absolute Gasteiger partial charge is 0.295 e. The van der Waals surface area contributed by atoms with Crippen LogP contribution in [0.2, 0.25) is 0 Å². The molecule has 4 rings (SSSR count). The summed E-state index contributed by atoms with van der Waals surface area (Å²) in [5.74, 6) is 2.08. The van der Waals surface area contributed by atoms with Crippen LogP contribution in [0.1, 0.15) is 78.1 Å². The molecule has 0 aromatic carbocycles. The number of allylic oxidation sites excluding steroid dienone is 2. The molecule has 4 aliphatic carbocycles. The third kappa shape index (κ3) is 1.58. The summed E-state index contributed by atoms with van der Waals surface area (Å²) < 4.78 is 0. The summed E-state index contributed by atoms with van der Waals surface area (Å²) in [7, 11) is 0. The molecule has 1 nitrogen and oxygen atoms in total. The van der Waals surface area contributed by atoms with Gasteiger partial charge in [0.05, 0.1) is 0 Å². The Morgan fingerprint density at radius 1 is 1.00 bits per heavy atom. The van der Waals surface area contributed by atoms with Crippen molar-refractivity contribution in [2.75, 3.05) is 0 Å². The Balaban J connectivity index is 1.83. The molecule has 110 valence electrons. The summed E-state index contributed by atoms with van der Waals surface area (Å²) >= 11 is 0. The van der Waals surface area contributed by atoms with Gasteiger partial charge >= 0.3 is 0 Å². The summed E-state index contributed by atoms with van der Waals surface area (Å²) in [6.45, 7) is 4.82. The van der Waals surface area contributed by atoms with Gasteiger partial charge in [-0.05, 0) is 61.2 Å². The Morgan fingerprint density at radius 3 is 2.70 bits per heavy atom. The Hall–Kier alpha value is -0.590. The fraction of sp³-hybridized carbons (Fsp3) is 0.842. The molecule has 0 amide bonds. The molecule has 0 radical (unpaired) electrons. The van der Waals surface area contributed by atoms with Gasteiger partial charge < -0.3 is 0 Å². The molecule has 0 aliphatic heterocycles. The van der Waals surface area contributed by atoms with Crippen LogP contribution in [0.3, 0.4) is 0 Å². The lowest BCUT2D eigenvalue weighted by atomic mass is 9.51. The second-order valence-corrected chi connectivity index (χ2v) is 8.50. The van der Waals surface area contributed by atoms with E-state index >= 15 is 0 Å². The van der Waals surface area contributed by atoms with Gasteiger partial charge in [-0.3, -0.25) is 4.79 Å². The van der Waals surface area contributed by atoms with Gasteiger partial charge in [0.2, 0.25) is 0 Å². The van der Waals surface area contributed by atoms with Crippen molar-refractivity contribution in [3.8, 4) is 0 Å². The smallest absolute Gasteiger partial charge is 0.159 e. The lowest BCUT2D eigenvalue weighted by molar-refractivity contribution is -0.121. The van der Waals surface area contributed by atoms with Crippen LogP contribution in [-0.2, 0) is 4.79 Å². The van der Waals surface area contributed by atoms with Crippen molar-refractivity contribution in [1.29, 1.82) is 0 Å². The van der Waals surface area contributed by atoms with E-state index in [1.54, 1.807) is 5.57 Å². The quantitative estimate of drug-likeness (QED) is 0.603. The molecule has 0 aromatic heterocycles. The number of carbonyl (C=O) groups is 1. The number of ketones is 1. The number of rotatable bonds is 0. The van der Waals surface area contributed by atoms with Crippen molar-refractivity contribution in [2.24, 2.45) is 22.7 Å². The van der Waals surface area contributed by atoms with Crippen molar-refractivity contribution < 1.29 is 4.79 Å². The molecule has 0 heterocycles. The zero-order chi connectivity index (χ0) is 14.0. The van der Waals surface area contributed by atoms with Gasteiger partial charge in [0.1, 0.15) is 0 Å². The Bertz CT molecular complexity index is 488. The van der Waals surface area contributed by atoms with E-state index in [-0.39, 0.29) is 5.41 Å². The Morgan fingerprint density at radius 2 is 1.85 bits per heavy atom. The van der Waals surface area contributed by atoms with Gasteiger partial charge in [-0.25, -0.2) is 0 Å². The van der Waals surface area contributed by atoms with E-state index in [1.807, 2.05) is 0 Å². The van der Waals surface area contributed by atoms with Crippen molar-refractivity contribution in [2.45, 2.75) is 78.1 Å². The molecule has 0 spiro atoms. The molecule has 1 heteroatoms. The lowest BCUT2D eigenvalue weighted by Gasteiger charge is -2.52. The van der Waals surface area contributed by atoms with E-state index in [2.05, 4.69) is 13.8 Å². The van der Waals surface area contributed by atoms with Crippen LogP contribution in [-0.4, -0.2) is 5.78 Å². The molecule has 0 N–H and O–H groups in total. The monoisotopic (exact) mass is 272 g/mol. The van der Waals surface area contributed by atoms with Crippen molar-refractivity contribution in [1.82, 2.24) is 0 Å². The average Bonchev–Trinajstić information content (AvgIpc) is 2.78. The average molecular weight is 272 g/mol. The predicted molar refractivity (Wildman–Crippen MR) is 81.4 cm³/mol. The number of Topliss-reactive ketones (excluding diaryl/α,β-unsaturated/α-hetero) is 1. The summed E-state index contributed by atoms with van der Waals surface area (Å²) in [5.41, 5.74) is 3.53. The molecular formula is C19H28O. The minimum Gasteiger partial charge on any atom is -0.295 e. The second kappa shape index (κ2) is 4.21. The summed E-state index contributed by atoms with van der Waals surface area (Å²) in [6.07, 6.45) is 12.8. The fourth-order valence-corrected chi connectivity index (χ4v) is 6.36. The van der Waals surface area contributed by atoms with Crippen molar-refractivity contribution in [3.05, 3.63) is 11.1 Å². The fourth-order valence-electron chi connectivity index (χ4n) is 6.36. The highest BCUT2D eigenvalue weighted by Crippen LogP contribution is 2.62. The molecule has 4 aliphatic rings. The standard InChI is InChI=1S/C19H28O/c1-18-10-5-7-15(18)14-9-8-13-6-3-4-11-19(13,2)17(14)16(20)12-18/h13,15H,3-12H2,1-2H3/t13?,15-,18-,19-/m0/s1. The minimum atomic E-state index is 0.243. The highest BCUT2D eigenvalue weighted by atomic mass is 16.1. The van der Waals surface area contributed by atoms with Crippen LogP contribution in [0, 0.1) is 22.7 Å². The number of fused-ring (bicyclic) bond motifs is 4. The van der Waals surface area contributed by atoms with Gasteiger partial charge in [-0.15, -0.1) is 0 Å². The highest BCUT2D eigenvalue weighted by molar-refractivity contribution is 5.99. The zero-order valence-corrected chi connectivity index (χ0v) is 13.1. The maximum Gasteiger partial charge on any atom is 0.159 e. The summed E-state index contributed by atoms with van der Waals surface area (Å²) in [4.78, 5) is 13.0. The second-order valence-electron chi connectivity index (χ2n) is 8.50. The maximum absolute atomic E-state index is 13.0. The molecule has 1 unspecified atom stereocenters. The van der Waals surface area contributed by atoms with Crippen LogP contribution in [0.4, 0.5) is 0 Å². The molecule has 4 atom stereocenters. The normalized spacial score (nSPS) is 47.8. The Labute approximate surface area is 123 Å². The maximum atomic E-state index is 13.0. The van der Waals surface area contributed by atoms with E-state index in [0.29, 0.717) is 11.2 Å². The topological polar surface area (TPSA) is 17.1 Å². The van der Waals surface area contributed by atoms with Gasteiger partial charge in [0.25, 0.3) is 0 Å². The lowest BCUT2D eigenvalue weighted by Crippen LogP contribution is -2.45. The highest BCUT2D eigenvalue weighted by Gasteiger charge is 2.54. The molecule has 20 heavy (non-hydrogen) atoms. The summed E-state index contributed by atoms with van der Waals surface area (Å²) in [5, 5.41) is 0. The van der Waals surface area contributed by atoms with Gasteiger partial charge in [-0.1, -0.05) is 38.7 Å². The van der Waals surface area contributed by atoms with Crippen LogP contribution in [0.5, 0.6) is 0 Å². The van der Waals surface area contributed by atoms with Gasteiger partial charge in [0.15, 0.2) is 5.78 Å². The van der Waals surface area contributed by atoms with Gasteiger partial charge in [0, 0.05) is 12.0 Å². The van der Waals surface area contributed by atoms with Gasteiger partial charge in [-0.2, -0.15) is 0 Å². The third-order valence-electron chi connectivity index (χ3n) is 7.40. The Kier molecular flexibility index (Phi) is 2.76. The minimum absolute atomic E-state index is 0.243. The molecule has 2 fully saturated rings. The van der Waals surface area contributed by atoms with Crippen LogP contribution < -0.4 is 0 Å². The van der Waals surface area contributed by atoms with E-state index in [9.17, 15) is 4.79 Å². The molecule has 0 bridgehead atoms. The zero-order valence-electron chi connectivity index (χ0n) is 13.1. The van der Waals surface area contributed by atoms with Crippen molar-refractivity contribution in [3.63, 3.8) is 0 Å². The number of carbonyl (C=O) groups excluding carboxylic acids is 1. The van der Waals surface area contributed by atoms with Crippen molar-refractivity contribution >= 4 is 5.78 Å². The van der Waals surface area contributed by atoms with E-state index < -0.39 is 0 Å². The van der Waals surface area contributed by atoms with E-state index in [4.69, 9.17) is 0 Å². The number of hydrogen-bond donors (Lipinski definition) is 0. The van der Waals surface area contributed by atoms with Crippen LogP contribution >= 0.6 is 0 Å². The van der Waals surface area contributed by atoms with E-state index in [0.717, 1.165) is 18.3 Å². The predicted octanol–water partition coefficient (Wildman–Crippen LogP) is 5.05. The first kappa shape index (κ1) is 13.1. The number of hydrogen-bond acceptors (Lipinski definition) is 1. The molecule has 0 saturated heterocycles. The third-order valence-corrected chi connectivity index (χ3v) is 7.40. The first-order chi connectivity index (χ1) is 9.55. The van der Waals surface area contributed by atoms with Crippen LogP contribution in [0.15, 0.2) is 11.1 Å².